The number of ether oxygens (including phenoxy) is 1. The molecule has 2 heterocycles. The summed E-state index contributed by atoms with van der Waals surface area (Å²) in [5.41, 5.74) is 8.07. The van der Waals surface area contributed by atoms with Crippen molar-refractivity contribution in [1.29, 1.82) is 0 Å². The number of fused-ring (bicyclic) bond motifs is 1. The highest BCUT2D eigenvalue weighted by Gasteiger charge is 2.20. The molecule has 100 valence electrons. The summed E-state index contributed by atoms with van der Waals surface area (Å²) in [4.78, 5) is 6.64. The zero-order chi connectivity index (χ0) is 13.2. The number of aromatic nitrogens is 1. The molecule has 0 amide bonds. The number of hydrogen-bond donors (Lipinski definition) is 1. The van der Waals surface area contributed by atoms with Gasteiger partial charge in [0.2, 0.25) is 0 Å². The maximum atomic E-state index is 6.03. The first kappa shape index (κ1) is 12.2. The van der Waals surface area contributed by atoms with Crippen LogP contribution in [0.15, 0.2) is 30.6 Å². The van der Waals surface area contributed by atoms with Gasteiger partial charge in [-0.25, -0.2) is 0 Å². The highest BCUT2D eigenvalue weighted by atomic mass is 16.5. The van der Waals surface area contributed by atoms with E-state index < -0.39 is 0 Å². The van der Waals surface area contributed by atoms with E-state index in [1.807, 2.05) is 18.3 Å². The molecule has 3 rings (SSSR count). The topological polar surface area (TPSA) is 51.4 Å². The Kier molecular flexibility index (Phi) is 3.25. The fourth-order valence-electron chi connectivity index (χ4n) is 2.81. The maximum Gasteiger partial charge on any atom is 0.0605 e. The van der Waals surface area contributed by atoms with Crippen molar-refractivity contribution in [1.82, 2.24) is 4.98 Å². The largest absolute Gasteiger partial charge is 0.398 e. The van der Waals surface area contributed by atoms with Gasteiger partial charge in [0.05, 0.1) is 6.10 Å². The minimum absolute atomic E-state index is 0.398. The molecule has 4 heteroatoms. The number of nitrogens with two attached hydrogens (primary N) is 1. The second kappa shape index (κ2) is 5.05. The Bertz CT molecular complexity index is 577. The fraction of sp³-hybridized carbons (Fsp3) is 0.400. The smallest absolute Gasteiger partial charge is 0.0605 e. The summed E-state index contributed by atoms with van der Waals surface area (Å²) in [6, 6.07) is 6.07. The van der Waals surface area contributed by atoms with Gasteiger partial charge in [0.25, 0.3) is 0 Å². The van der Waals surface area contributed by atoms with Crippen molar-refractivity contribution in [3.05, 3.63) is 30.6 Å². The quantitative estimate of drug-likeness (QED) is 0.839. The maximum absolute atomic E-state index is 6.03. The molecule has 1 saturated heterocycles. The van der Waals surface area contributed by atoms with E-state index in [-0.39, 0.29) is 0 Å². The standard InChI is InChI=1S/C15H19N3O/c1-19-11-5-8-18(9-6-11)15-3-2-14(16)12-4-7-17-10-13(12)15/h2-4,7,10-11H,5-6,8-9,16H2,1H3. The molecule has 2 aromatic rings. The number of anilines is 2. The lowest BCUT2D eigenvalue weighted by atomic mass is 10.0. The van der Waals surface area contributed by atoms with E-state index in [0.29, 0.717) is 6.10 Å². The average molecular weight is 257 g/mol. The molecule has 0 spiro atoms. The number of hydrogen-bond acceptors (Lipinski definition) is 4. The molecule has 1 aliphatic heterocycles. The molecular weight excluding hydrogens is 238 g/mol. The van der Waals surface area contributed by atoms with Crippen LogP contribution in [0.25, 0.3) is 10.8 Å². The molecule has 1 aromatic heterocycles. The predicted molar refractivity (Wildman–Crippen MR) is 78.4 cm³/mol. The van der Waals surface area contributed by atoms with Crippen LogP contribution < -0.4 is 10.6 Å². The first-order valence-corrected chi connectivity index (χ1v) is 6.69. The van der Waals surface area contributed by atoms with E-state index in [9.17, 15) is 0 Å². The zero-order valence-corrected chi connectivity index (χ0v) is 11.2. The molecule has 2 N–H and O–H groups in total. The Hall–Kier alpha value is -1.81. The Morgan fingerprint density at radius 3 is 2.74 bits per heavy atom. The monoisotopic (exact) mass is 257 g/mol. The number of rotatable bonds is 2. The minimum atomic E-state index is 0.398. The van der Waals surface area contributed by atoms with Crippen LogP contribution in [0.5, 0.6) is 0 Å². The van der Waals surface area contributed by atoms with Gasteiger partial charge < -0.3 is 15.4 Å². The SMILES string of the molecule is COC1CCN(c2ccc(N)c3ccncc23)CC1. The molecule has 1 aliphatic rings. The molecule has 1 fully saturated rings. The molecule has 19 heavy (non-hydrogen) atoms. The van der Waals surface area contributed by atoms with Crippen molar-refractivity contribution in [3.8, 4) is 0 Å². The third-order valence-corrected chi connectivity index (χ3v) is 3.94. The van der Waals surface area contributed by atoms with Crippen LogP contribution in [0.1, 0.15) is 12.8 Å². The highest BCUT2D eigenvalue weighted by Crippen LogP contribution is 2.32. The zero-order valence-electron chi connectivity index (χ0n) is 11.2. The number of nitrogen functional groups attached to an aromatic ring is 1. The number of nitrogens with zero attached hydrogens (tertiary/aromatic N) is 2. The number of piperidine rings is 1. The number of methoxy groups -OCH3 is 1. The summed E-state index contributed by atoms with van der Waals surface area (Å²) >= 11 is 0. The number of benzene rings is 1. The van der Waals surface area contributed by atoms with Crippen LogP contribution in [-0.2, 0) is 4.74 Å². The van der Waals surface area contributed by atoms with Crippen LogP contribution >= 0.6 is 0 Å². The van der Waals surface area contributed by atoms with Crippen molar-refractivity contribution < 1.29 is 4.74 Å². The van der Waals surface area contributed by atoms with Crippen LogP contribution in [0.4, 0.5) is 11.4 Å². The highest BCUT2D eigenvalue weighted by molar-refractivity contribution is 6.00. The van der Waals surface area contributed by atoms with Crippen LogP contribution in [0, 0.1) is 0 Å². The van der Waals surface area contributed by atoms with E-state index in [1.165, 1.54) is 5.69 Å². The normalized spacial score (nSPS) is 17.0. The summed E-state index contributed by atoms with van der Waals surface area (Å²) in [6.45, 7) is 2.04. The van der Waals surface area contributed by atoms with E-state index >= 15 is 0 Å². The van der Waals surface area contributed by atoms with Gasteiger partial charge in [0, 0.05) is 54.7 Å². The van der Waals surface area contributed by atoms with Crippen molar-refractivity contribution in [2.24, 2.45) is 0 Å². The Balaban J connectivity index is 1.95. The van der Waals surface area contributed by atoms with Crippen LogP contribution in [0.3, 0.4) is 0 Å². The van der Waals surface area contributed by atoms with E-state index in [1.54, 1.807) is 13.3 Å². The second-order valence-corrected chi connectivity index (χ2v) is 5.02. The second-order valence-electron chi connectivity index (χ2n) is 5.02. The first-order valence-electron chi connectivity index (χ1n) is 6.69. The molecule has 0 aliphatic carbocycles. The molecule has 4 nitrogen and oxygen atoms in total. The lowest BCUT2D eigenvalue weighted by molar-refractivity contribution is 0.0819. The van der Waals surface area contributed by atoms with Crippen molar-refractivity contribution in [3.63, 3.8) is 0 Å². The van der Waals surface area contributed by atoms with Gasteiger partial charge in [0.1, 0.15) is 0 Å². The molecular formula is C15H19N3O. The van der Waals surface area contributed by atoms with E-state index in [4.69, 9.17) is 10.5 Å². The summed E-state index contributed by atoms with van der Waals surface area (Å²) in [5, 5.41) is 2.22. The van der Waals surface area contributed by atoms with Gasteiger partial charge >= 0.3 is 0 Å². The first-order chi connectivity index (χ1) is 9.29. The molecule has 0 unspecified atom stereocenters. The Morgan fingerprint density at radius 1 is 1.21 bits per heavy atom. The van der Waals surface area contributed by atoms with Gasteiger partial charge in [-0.15, -0.1) is 0 Å². The van der Waals surface area contributed by atoms with Gasteiger partial charge in [-0.05, 0) is 31.0 Å². The third-order valence-electron chi connectivity index (χ3n) is 3.94. The molecule has 0 bridgehead atoms. The molecule has 0 radical (unpaired) electrons. The lowest BCUT2D eigenvalue weighted by Crippen LogP contribution is -2.36. The van der Waals surface area contributed by atoms with Gasteiger partial charge in [0.15, 0.2) is 0 Å². The fourth-order valence-corrected chi connectivity index (χ4v) is 2.81. The van der Waals surface area contributed by atoms with Crippen molar-refractivity contribution >= 4 is 22.1 Å². The van der Waals surface area contributed by atoms with E-state index in [0.717, 1.165) is 42.4 Å². The van der Waals surface area contributed by atoms with E-state index in [2.05, 4.69) is 16.0 Å². The van der Waals surface area contributed by atoms with Crippen LogP contribution in [-0.4, -0.2) is 31.3 Å². The van der Waals surface area contributed by atoms with Crippen LogP contribution in [0.2, 0.25) is 0 Å². The van der Waals surface area contributed by atoms with Gasteiger partial charge in [-0.3, -0.25) is 4.98 Å². The van der Waals surface area contributed by atoms with Gasteiger partial charge in [-0.1, -0.05) is 0 Å². The van der Waals surface area contributed by atoms with Gasteiger partial charge in [-0.2, -0.15) is 0 Å². The third kappa shape index (κ3) is 2.24. The van der Waals surface area contributed by atoms with Crippen molar-refractivity contribution in [2.75, 3.05) is 30.8 Å². The number of pyridine rings is 1. The molecule has 0 atom stereocenters. The minimum Gasteiger partial charge on any atom is -0.398 e. The lowest BCUT2D eigenvalue weighted by Gasteiger charge is -2.33. The summed E-state index contributed by atoms with van der Waals surface area (Å²) in [6.07, 6.45) is 6.24. The summed E-state index contributed by atoms with van der Waals surface area (Å²) < 4.78 is 5.42. The summed E-state index contributed by atoms with van der Waals surface area (Å²) in [7, 11) is 1.79. The predicted octanol–water partition coefficient (Wildman–Crippen LogP) is 2.43. The van der Waals surface area contributed by atoms with Crippen molar-refractivity contribution in [2.45, 2.75) is 18.9 Å². The molecule has 1 aromatic carbocycles. The average Bonchev–Trinajstić information content (AvgIpc) is 2.48. The Morgan fingerprint density at radius 2 is 2.00 bits per heavy atom. The Labute approximate surface area is 113 Å². The summed E-state index contributed by atoms with van der Waals surface area (Å²) in [5.74, 6) is 0. The molecule has 0 saturated carbocycles.